The van der Waals surface area contributed by atoms with Crippen LogP contribution in [0.5, 0.6) is 0 Å². The standard InChI is InChI=1S/C17H23N5O/c1-17(18,14-6-4-3-5-7-14)16(23)22-10-8-21(9-11-22)15-12-19-20(2)13-15/h3-7,12-13H,8-11,18H2,1-2H3. The van der Waals surface area contributed by atoms with Crippen LogP contribution >= 0.6 is 0 Å². The molecule has 1 aromatic carbocycles. The Morgan fingerprint density at radius 2 is 1.83 bits per heavy atom. The van der Waals surface area contributed by atoms with Gasteiger partial charge in [0.25, 0.3) is 0 Å². The normalized spacial score (nSPS) is 17.9. The lowest BCUT2D eigenvalue weighted by Gasteiger charge is -2.39. The highest BCUT2D eigenvalue weighted by atomic mass is 16.2. The number of carbonyl (C=O) groups is 1. The van der Waals surface area contributed by atoms with Gasteiger partial charge in [-0.1, -0.05) is 30.3 Å². The minimum atomic E-state index is -0.988. The topological polar surface area (TPSA) is 67.4 Å². The van der Waals surface area contributed by atoms with E-state index in [2.05, 4.69) is 10.00 Å². The number of amides is 1. The molecule has 2 N–H and O–H groups in total. The molecule has 0 bridgehead atoms. The van der Waals surface area contributed by atoms with Crippen molar-refractivity contribution in [3.8, 4) is 0 Å². The summed E-state index contributed by atoms with van der Waals surface area (Å²) in [7, 11) is 1.91. The third-order valence-electron chi connectivity index (χ3n) is 4.44. The van der Waals surface area contributed by atoms with Gasteiger partial charge < -0.3 is 15.5 Å². The van der Waals surface area contributed by atoms with Gasteiger partial charge in [0.2, 0.25) is 5.91 Å². The van der Waals surface area contributed by atoms with E-state index >= 15 is 0 Å². The Labute approximate surface area is 136 Å². The summed E-state index contributed by atoms with van der Waals surface area (Å²) >= 11 is 0. The molecule has 1 aliphatic rings. The second-order valence-electron chi connectivity index (χ2n) is 6.22. The van der Waals surface area contributed by atoms with E-state index in [1.165, 1.54) is 0 Å². The lowest BCUT2D eigenvalue weighted by molar-refractivity contribution is -0.137. The number of hydrogen-bond acceptors (Lipinski definition) is 4. The van der Waals surface area contributed by atoms with E-state index in [9.17, 15) is 4.79 Å². The summed E-state index contributed by atoms with van der Waals surface area (Å²) in [5, 5.41) is 4.20. The molecule has 1 fully saturated rings. The first kappa shape index (κ1) is 15.6. The number of benzene rings is 1. The largest absolute Gasteiger partial charge is 0.365 e. The van der Waals surface area contributed by atoms with Gasteiger partial charge in [0.15, 0.2) is 0 Å². The molecule has 0 saturated carbocycles. The Balaban J connectivity index is 1.66. The van der Waals surface area contributed by atoms with Gasteiger partial charge in [-0.15, -0.1) is 0 Å². The molecule has 6 heteroatoms. The zero-order valence-corrected chi connectivity index (χ0v) is 13.6. The summed E-state index contributed by atoms with van der Waals surface area (Å²) in [5.41, 5.74) is 7.30. The van der Waals surface area contributed by atoms with Crippen LogP contribution in [0, 0.1) is 0 Å². The first-order valence-corrected chi connectivity index (χ1v) is 7.86. The van der Waals surface area contributed by atoms with Crippen LogP contribution in [0.2, 0.25) is 0 Å². The van der Waals surface area contributed by atoms with Gasteiger partial charge in [-0.2, -0.15) is 5.10 Å². The molecule has 23 heavy (non-hydrogen) atoms. The quantitative estimate of drug-likeness (QED) is 0.916. The molecule has 1 unspecified atom stereocenters. The van der Waals surface area contributed by atoms with Gasteiger partial charge in [-0.3, -0.25) is 9.48 Å². The zero-order valence-electron chi connectivity index (χ0n) is 13.6. The number of rotatable bonds is 3. The van der Waals surface area contributed by atoms with E-state index in [0.717, 1.165) is 24.3 Å². The molecule has 122 valence electrons. The predicted molar refractivity (Wildman–Crippen MR) is 90.0 cm³/mol. The van der Waals surface area contributed by atoms with Crippen molar-refractivity contribution in [2.75, 3.05) is 31.1 Å². The third kappa shape index (κ3) is 3.07. The summed E-state index contributed by atoms with van der Waals surface area (Å²) in [6.45, 7) is 4.73. The van der Waals surface area contributed by atoms with Crippen LogP contribution in [0.3, 0.4) is 0 Å². The fourth-order valence-electron chi connectivity index (χ4n) is 2.98. The smallest absolute Gasteiger partial charge is 0.247 e. The number of carbonyl (C=O) groups excluding carboxylic acids is 1. The van der Waals surface area contributed by atoms with Crippen LogP contribution in [0.1, 0.15) is 12.5 Å². The number of nitrogens with two attached hydrogens (primary N) is 1. The Morgan fingerprint density at radius 1 is 1.17 bits per heavy atom. The van der Waals surface area contributed by atoms with E-state index in [0.29, 0.717) is 13.1 Å². The van der Waals surface area contributed by atoms with E-state index < -0.39 is 5.54 Å². The fourth-order valence-corrected chi connectivity index (χ4v) is 2.98. The SMILES string of the molecule is Cn1cc(N2CCN(C(=O)C(C)(N)c3ccccc3)CC2)cn1. The molecule has 0 radical (unpaired) electrons. The number of aryl methyl sites for hydroxylation is 1. The fraction of sp³-hybridized carbons (Fsp3) is 0.412. The van der Waals surface area contributed by atoms with Gasteiger partial charge >= 0.3 is 0 Å². The molecular formula is C17H23N5O. The number of piperazine rings is 1. The van der Waals surface area contributed by atoms with Gasteiger partial charge in [0.1, 0.15) is 5.54 Å². The van der Waals surface area contributed by atoms with Gasteiger partial charge in [-0.25, -0.2) is 0 Å². The third-order valence-corrected chi connectivity index (χ3v) is 4.44. The first-order chi connectivity index (χ1) is 11.0. The van der Waals surface area contributed by atoms with Crippen LogP contribution in [0.4, 0.5) is 5.69 Å². The maximum absolute atomic E-state index is 12.8. The first-order valence-electron chi connectivity index (χ1n) is 7.86. The maximum atomic E-state index is 12.8. The van der Waals surface area contributed by atoms with Crippen molar-refractivity contribution in [2.24, 2.45) is 12.8 Å². The molecule has 1 saturated heterocycles. The minimum Gasteiger partial charge on any atom is -0.365 e. The van der Waals surface area contributed by atoms with E-state index in [1.807, 2.05) is 54.7 Å². The molecular weight excluding hydrogens is 290 g/mol. The molecule has 3 rings (SSSR count). The predicted octanol–water partition coefficient (Wildman–Crippen LogP) is 0.943. The Kier molecular flexibility index (Phi) is 4.09. The molecule has 1 aliphatic heterocycles. The monoisotopic (exact) mass is 313 g/mol. The molecule has 2 aromatic rings. The molecule has 6 nitrogen and oxygen atoms in total. The Hall–Kier alpha value is -2.34. The second kappa shape index (κ2) is 6.04. The highest BCUT2D eigenvalue weighted by Crippen LogP contribution is 2.22. The summed E-state index contributed by atoms with van der Waals surface area (Å²) in [6, 6.07) is 9.56. The molecule has 0 aliphatic carbocycles. The molecule has 2 heterocycles. The zero-order chi connectivity index (χ0) is 16.4. The van der Waals surface area contributed by atoms with Crippen molar-refractivity contribution in [2.45, 2.75) is 12.5 Å². The van der Waals surface area contributed by atoms with E-state index in [4.69, 9.17) is 5.73 Å². The van der Waals surface area contributed by atoms with Crippen molar-refractivity contribution in [3.63, 3.8) is 0 Å². The van der Waals surface area contributed by atoms with Gasteiger partial charge in [-0.05, 0) is 12.5 Å². The van der Waals surface area contributed by atoms with Crippen LogP contribution in [0.15, 0.2) is 42.7 Å². The van der Waals surface area contributed by atoms with E-state index in [-0.39, 0.29) is 5.91 Å². The Morgan fingerprint density at radius 3 is 2.39 bits per heavy atom. The van der Waals surface area contributed by atoms with Gasteiger partial charge in [0.05, 0.1) is 11.9 Å². The maximum Gasteiger partial charge on any atom is 0.247 e. The van der Waals surface area contributed by atoms with Crippen molar-refractivity contribution < 1.29 is 4.79 Å². The van der Waals surface area contributed by atoms with Crippen molar-refractivity contribution in [1.29, 1.82) is 0 Å². The van der Waals surface area contributed by atoms with Crippen LogP contribution in [0.25, 0.3) is 0 Å². The molecule has 1 aromatic heterocycles. The van der Waals surface area contributed by atoms with Crippen LogP contribution in [-0.4, -0.2) is 46.8 Å². The number of anilines is 1. The summed E-state index contributed by atoms with van der Waals surface area (Å²) in [5.74, 6) is -0.0189. The second-order valence-corrected chi connectivity index (χ2v) is 6.22. The lowest BCUT2D eigenvalue weighted by atomic mass is 9.91. The molecule has 0 spiro atoms. The number of aromatic nitrogens is 2. The van der Waals surface area contributed by atoms with Gasteiger partial charge in [0, 0.05) is 39.4 Å². The number of hydrogen-bond donors (Lipinski definition) is 1. The van der Waals surface area contributed by atoms with E-state index in [1.54, 1.807) is 11.6 Å². The average molecular weight is 313 g/mol. The van der Waals surface area contributed by atoms with Crippen molar-refractivity contribution in [3.05, 3.63) is 48.3 Å². The Bertz CT molecular complexity index is 671. The minimum absolute atomic E-state index is 0.0189. The summed E-state index contributed by atoms with van der Waals surface area (Å²) in [6.07, 6.45) is 3.85. The molecule has 1 atom stereocenters. The molecule has 1 amide bonds. The lowest BCUT2D eigenvalue weighted by Crippen LogP contribution is -2.56. The number of nitrogens with zero attached hydrogens (tertiary/aromatic N) is 4. The van der Waals surface area contributed by atoms with Crippen molar-refractivity contribution >= 4 is 11.6 Å². The van der Waals surface area contributed by atoms with Crippen LogP contribution < -0.4 is 10.6 Å². The summed E-state index contributed by atoms with van der Waals surface area (Å²) in [4.78, 5) is 16.9. The van der Waals surface area contributed by atoms with Crippen molar-refractivity contribution in [1.82, 2.24) is 14.7 Å². The van der Waals surface area contributed by atoms with Crippen LogP contribution in [-0.2, 0) is 17.4 Å². The summed E-state index contributed by atoms with van der Waals surface area (Å²) < 4.78 is 1.79. The highest BCUT2D eigenvalue weighted by Gasteiger charge is 2.35. The highest BCUT2D eigenvalue weighted by molar-refractivity contribution is 5.87. The average Bonchev–Trinajstić information content (AvgIpc) is 3.01.